The van der Waals surface area contributed by atoms with Crippen molar-refractivity contribution in [3.05, 3.63) is 24.0 Å². The Morgan fingerprint density at radius 2 is 1.90 bits per heavy atom. The quantitative estimate of drug-likeness (QED) is 0.541. The largest absolute Gasteiger partial charge is 0.492 e. The van der Waals surface area contributed by atoms with Gasteiger partial charge < -0.3 is 4.74 Å². The van der Waals surface area contributed by atoms with Gasteiger partial charge in [0.25, 0.3) is 0 Å². The molecular weight excluding hydrogens is 380 g/mol. The second-order valence-corrected chi connectivity index (χ2v) is 12.2. The van der Waals surface area contributed by atoms with Crippen molar-refractivity contribution in [3.63, 3.8) is 0 Å². The van der Waals surface area contributed by atoms with Crippen LogP contribution in [-0.2, 0) is 14.3 Å². The first-order valence-electron chi connectivity index (χ1n) is 11.5. The predicted octanol–water partition coefficient (Wildman–Crippen LogP) is 5.84. The minimum atomic E-state index is -0.0370. The zero-order chi connectivity index (χ0) is 20.6. The van der Waals surface area contributed by atoms with Crippen molar-refractivity contribution in [1.29, 1.82) is 0 Å². The van der Waals surface area contributed by atoms with E-state index in [-0.39, 0.29) is 27.3 Å². The molecule has 0 aromatic heterocycles. The van der Waals surface area contributed by atoms with Crippen LogP contribution in [0.25, 0.3) is 0 Å². The van der Waals surface area contributed by atoms with Crippen LogP contribution in [0.5, 0.6) is 0 Å². The number of carbonyl (C=O) groups is 2. The molecule has 3 nitrogen and oxygen atoms in total. The normalized spacial score (nSPS) is 48.6. The molecule has 0 amide bonds. The average Bonchev–Trinajstić information content (AvgIpc) is 3.17. The second kappa shape index (κ2) is 6.48. The van der Waals surface area contributed by atoms with Crippen LogP contribution in [-0.4, -0.2) is 21.7 Å². The van der Waals surface area contributed by atoms with E-state index in [2.05, 4.69) is 20.4 Å². The maximum absolute atomic E-state index is 12.2. The summed E-state index contributed by atoms with van der Waals surface area (Å²) in [5, 5.41) is 0.512. The summed E-state index contributed by atoms with van der Waals surface area (Å²) in [6, 6.07) is 0. The monoisotopic (exact) mass is 414 g/mol. The highest BCUT2D eigenvalue weighted by Crippen LogP contribution is 2.71. The van der Waals surface area contributed by atoms with Crippen LogP contribution >= 0.6 is 11.8 Å². The Bertz CT molecular complexity index is 815. The highest BCUT2D eigenvalue weighted by Gasteiger charge is 2.67. The van der Waals surface area contributed by atoms with Gasteiger partial charge in [0.15, 0.2) is 10.9 Å². The minimum absolute atomic E-state index is 0.0370. The smallest absolute Gasteiger partial charge is 0.186 e. The third kappa shape index (κ3) is 2.70. The fourth-order valence-electron chi connectivity index (χ4n) is 8.23. The van der Waals surface area contributed by atoms with E-state index in [0.29, 0.717) is 29.4 Å². The summed E-state index contributed by atoms with van der Waals surface area (Å²) in [4.78, 5) is 24.4. The summed E-state index contributed by atoms with van der Waals surface area (Å²) >= 11 is 1.55. The van der Waals surface area contributed by atoms with Crippen LogP contribution < -0.4 is 0 Å². The maximum Gasteiger partial charge on any atom is 0.186 e. The minimum Gasteiger partial charge on any atom is -0.492 e. The summed E-state index contributed by atoms with van der Waals surface area (Å²) in [7, 11) is 0. The Kier molecular flexibility index (Phi) is 4.45. The molecule has 7 atom stereocenters. The summed E-state index contributed by atoms with van der Waals surface area (Å²) < 4.78 is 6.50. The molecule has 0 N–H and O–H groups in total. The maximum atomic E-state index is 12.2. The number of fused-ring (bicyclic) bond motifs is 6. The molecule has 3 saturated carbocycles. The average molecular weight is 415 g/mol. The van der Waals surface area contributed by atoms with E-state index in [1.807, 2.05) is 6.08 Å². The number of thioether (sulfide) groups is 1. The fourth-order valence-corrected chi connectivity index (χ4v) is 9.45. The van der Waals surface area contributed by atoms with Gasteiger partial charge in [-0.15, -0.1) is 0 Å². The zero-order valence-corrected chi connectivity index (χ0v) is 18.9. The SMILES string of the molecule is C=C1CC[C@@]2(CC[C@H]3[C@@H]4[C@H](SC(C)=O)CC5=CC(=O)CC[C@]5(C)[C@H]4CC[C@@]32C)O1. The molecule has 4 aliphatic carbocycles. The van der Waals surface area contributed by atoms with Crippen molar-refractivity contribution in [1.82, 2.24) is 0 Å². The lowest BCUT2D eigenvalue weighted by Gasteiger charge is -2.61. The third-order valence-electron chi connectivity index (χ3n) is 9.72. The Balaban J connectivity index is 1.56. The van der Waals surface area contributed by atoms with Gasteiger partial charge >= 0.3 is 0 Å². The number of allylic oxidation sites excluding steroid dienone is 2. The third-order valence-corrected chi connectivity index (χ3v) is 10.8. The van der Waals surface area contributed by atoms with Gasteiger partial charge in [-0.25, -0.2) is 0 Å². The lowest BCUT2D eigenvalue weighted by Crippen LogP contribution is -2.57. The molecule has 5 rings (SSSR count). The Labute approximate surface area is 179 Å². The molecule has 1 saturated heterocycles. The van der Waals surface area contributed by atoms with Crippen molar-refractivity contribution in [2.45, 2.75) is 89.4 Å². The molecule has 5 aliphatic rings. The summed E-state index contributed by atoms with van der Waals surface area (Å²) in [5.74, 6) is 2.95. The molecule has 1 aliphatic heterocycles. The van der Waals surface area contributed by atoms with Gasteiger partial charge in [0, 0.05) is 30.4 Å². The van der Waals surface area contributed by atoms with Gasteiger partial charge in [-0.3, -0.25) is 9.59 Å². The summed E-state index contributed by atoms with van der Waals surface area (Å²) in [5.41, 5.74) is 1.59. The molecule has 0 aromatic carbocycles. The van der Waals surface area contributed by atoms with Gasteiger partial charge in [0.2, 0.25) is 0 Å². The number of ketones is 1. The van der Waals surface area contributed by atoms with Crippen LogP contribution in [0.4, 0.5) is 0 Å². The lowest BCUT2D eigenvalue weighted by atomic mass is 9.46. The molecule has 29 heavy (non-hydrogen) atoms. The van der Waals surface area contributed by atoms with Crippen LogP contribution in [0.15, 0.2) is 24.0 Å². The standard InChI is InChI=1S/C25H34O3S/c1-15-5-11-25(28-15)12-8-20-22-19(7-10-24(20,25)4)23(3)9-6-18(27)13-17(23)14-21(22)29-16(2)26/h13,19-22H,1,5-12,14H2,2-4H3/t19-,20-,21+,22+,23-,24-,25-/m0/s1. The van der Waals surface area contributed by atoms with E-state index in [4.69, 9.17) is 4.74 Å². The van der Waals surface area contributed by atoms with E-state index < -0.39 is 0 Å². The number of ether oxygens (including phenoxy) is 1. The van der Waals surface area contributed by atoms with Crippen LogP contribution in [0, 0.1) is 28.6 Å². The van der Waals surface area contributed by atoms with Crippen molar-refractivity contribution >= 4 is 22.7 Å². The Morgan fingerprint density at radius 3 is 2.59 bits per heavy atom. The van der Waals surface area contributed by atoms with Gasteiger partial charge in [-0.2, -0.15) is 0 Å². The predicted molar refractivity (Wildman–Crippen MR) is 116 cm³/mol. The van der Waals surface area contributed by atoms with Gasteiger partial charge in [-0.05, 0) is 74.2 Å². The molecule has 0 bridgehead atoms. The number of carbonyl (C=O) groups excluding carboxylic acids is 2. The van der Waals surface area contributed by atoms with Crippen LogP contribution in [0.2, 0.25) is 0 Å². The van der Waals surface area contributed by atoms with Gasteiger partial charge in [0.05, 0.1) is 5.76 Å². The lowest BCUT2D eigenvalue weighted by molar-refractivity contribution is -0.125. The highest BCUT2D eigenvalue weighted by atomic mass is 32.2. The Morgan fingerprint density at radius 1 is 1.14 bits per heavy atom. The topological polar surface area (TPSA) is 43.4 Å². The second-order valence-electron chi connectivity index (χ2n) is 10.8. The number of hydrogen-bond donors (Lipinski definition) is 0. The number of rotatable bonds is 1. The van der Waals surface area contributed by atoms with Gasteiger partial charge in [0.1, 0.15) is 5.60 Å². The molecule has 4 fully saturated rings. The molecule has 4 heteroatoms. The van der Waals surface area contributed by atoms with Crippen molar-refractivity contribution in [3.8, 4) is 0 Å². The van der Waals surface area contributed by atoms with Gasteiger partial charge in [-0.1, -0.05) is 37.8 Å². The molecule has 1 spiro atoms. The molecule has 0 radical (unpaired) electrons. The van der Waals surface area contributed by atoms with E-state index in [1.165, 1.54) is 24.8 Å². The first-order valence-corrected chi connectivity index (χ1v) is 12.3. The summed E-state index contributed by atoms with van der Waals surface area (Å²) in [6.45, 7) is 10.7. The molecular formula is C25H34O3S. The van der Waals surface area contributed by atoms with E-state index in [0.717, 1.165) is 37.9 Å². The van der Waals surface area contributed by atoms with E-state index >= 15 is 0 Å². The molecule has 1 heterocycles. The van der Waals surface area contributed by atoms with Crippen molar-refractivity contribution in [2.24, 2.45) is 28.6 Å². The first kappa shape index (κ1) is 19.9. The fraction of sp³-hybridized carbons (Fsp3) is 0.760. The first-order chi connectivity index (χ1) is 13.7. The van der Waals surface area contributed by atoms with Crippen LogP contribution in [0.3, 0.4) is 0 Å². The van der Waals surface area contributed by atoms with E-state index in [9.17, 15) is 9.59 Å². The van der Waals surface area contributed by atoms with Crippen LogP contribution in [0.1, 0.15) is 78.6 Å². The zero-order valence-electron chi connectivity index (χ0n) is 18.1. The molecule has 0 aromatic rings. The Hall–Kier alpha value is -1.03. The number of hydrogen-bond acceptors (Lipinski definition) is 4. The van der Waals surface area contributed by atoms with Crippen molar-refractivity contribution < 1.29 is 14.3 Å². The van der Waals surface area contributed by atoms with Crippen molar-refractivity contribution in [2.75, 3.05) is 0 Å². The van der Waals surface area contributed by atoms with E-state index in [1.54, 1.807) is 18.7 Å². The summed E-state index contributed by atoms with van der Waals surface area (Å²) in [6.07, 6.45) is 11.3. The molecule has 0 unspecified atom stereocenters. The molecule has 158 valence electrons. The highest BCUT2D eigenvalue weighted by molar-refractivity contribution is 8.14.